The Hall–Kier alpha value is -2.80. The molecule has 0 bridgehead atoms. The van der Waals surface area contributed by atoms with Crippen LogP contribution >= 0.6 is 11.6 Å². The SMILES string of the molecule is CN(Cc1ccc(-c2ccc(Cl)cc2)o1)C(=O)CN1C(=O)N(C)C2(CCCCC2)C1=O. The zero-order valence-electron chi connectivity index (χ0n) is 17.8. The molecule has 2 aliphatic rings. The molecule has 1 aliphatic heterocycles. The maximum Gasteiger partial charge on any atom is 0.327 e. The lowest BCUT2D eigenvalue weighted by Gasteiger charge is -2.35. The summed E-state index contributed by atoms with van der Waals surface area (Å²) in [6, 6.07) is 10.6. The van der Waals surface area contributed by atoms with Crippen LogP contribution in [0.15, 0.2) is 40.8 Å². The number of benzene rings is 1. The molecule has 2 aromatic rings. The Morgan fingerprint density at radius 1 is 1.10 bits per heavy atom. The zero-order valence-corrected chi connectivity index (χ0v) is 18.5. The largest absolute Gasteiger partial charge is 0.459 e. The molecule has 1 aliphatic carbocycles. The van der Waals surface area contributed by atoms with Crippen molar-refractivity contribution in [3.8, 4) is 11.3 Å². The number of urea groups is 1. The number of carbonyl (C=O) groups excluding carboxylic acids is 3. The van der Waals surface area contributed by atoms with Crippen LogP contribution in [-0.2, 0) is 16.1 Å². The topological polar surface area (TPSA) is 74.1 Å². The molecule has 31 heavy (non-hydrogen) atoms. The summed E-state index contributed by atoms with van der Waals surface area (Å²) in [4.78, 5) is 42.7. The van der Waals surface area contributed by atoms with Crippen LogP contribution in [0.1, 0.15) is 37.9 Å². The highest BCUT2D eigenvalue weighted by Gasteiger charge is 2.55. The number of rotatable bonds is 5. The van der Waals surface area contributed by atoms with Crippen LogP contribution < -0.4 is 0 Å². The van der Waals surface area contributed by atoms with Gasteiger partial charge in [-0.1, -0.05) is 30.9 Å². The number of imide groups is 1. The van der Waals surface area contributed by atoms with Crippen molar-refractivity contribution in [1.82, 2.24) is 14.7 Å². The number of furan rings is 1. The summed E-state index contributed by atoms with van der Waals surface area (Å²) >= 11 is 5.93. The maximum absolute atomic E-state index is 13.1. The highest BCUT2D eigenvalue weighted by Crippen LogP contribution is 2.39. The molecule has 4 rings (SSSR count). The molecule has 1 saturated carbocycles. The van der Waals surface area contributed by atoms with Gasteiger partial charge in [-0.05, 0) is 49.2 Å². The van der Waals surface area contributed by atoms with Crippen LogP contribution in [0.5, 0.6) is 0 Å². The smallest absolute Gasteiger partial charge is 0.327 e. The fourth-order valence-electron chi connectivity index (χ4n) is 4.48. The van der Waals surface area contributed by atoms with Crippen molar-refractivity contribution in [2.75, 3.05) is 20.6 Å². The molecule has 0 radical (unpaired) electrons. The van der Waals surface area contributed by atoms with Crippen molar-refractivity contribution < 1.29 is 18.8 Å². The summed E-state index contributed by atoms with van der Waals surface area (Å²) in [5.41, 5.74) is 0.113. The van der Waals surface area contributed by atoms with Crippen molar-refractivity contribution in [3.05, 3.63) is 47.2 Å². The fraction of sp³-hybridized carbons (Fsp3) is 0.435. The van der Waals surface area contributed by atoms with Crippen LogP contribution in [0.4, 0.5) is 4.79 Å². The van der Waals surface area contributed by atoms with E-state index in [1.807, 2.05) is 24.3 Å². The summed E-state index contributed by atoms with van der Waals surface area (Å²) in [6.07, 6.45) is 4.22. The number of likely N-dealkylation sites (N-methyl/N-ethyl adjacent to an activating group) is 2. The first-order chi connectivity index (χ1) is 14.8. The van der Waals surface area contributed by atoms with Crippen molar-refractivity contribution in [1.29, 1.82) is 0 Å². The number of hydrogen-bond acceptors (Lipinski definition) is 4. The highest BCUT2D eigenvalue weighted by atomic mass is 35.5. The van der Waals surface area contributed by atoms with Gasteiger partial charge in [0.2, 0.25) is 5.91 Å². The van der Waals surface area contributed by atoms with E-state index >= 15 is 0 Å². The van der Waals surface area contributed by atoms with Gasteiger partial charge >= 0.3 is 6.03 Å². The summed E-state index contributed by atoms with van der Waals surface area (Å²) in [5.74, 6) is 0.732. The summed E-state index contributed by atoms with van der Waals surface area (Å²) in [5, 5.41) is 0.646. The molecular formula is C23H26ClN3O4. The predicted octanol–water partition coefficient (Wildman–Crippen LogP) is 4.16. The van der Waals surface area contributed by atoms with E-state index in [2.05, 4.69) is 0 Å². The van der Waals surface area contributed by atoms with Gasteiger partial charge in [0.05, 0.1) is 6.54 Å². The average Bonchev–Trinajstić information content (AvgIpc) is 3.30. The molecule has 7 nitrogen and oxygen atoms in total. The molecule has 4 amide bonds. The number of amides is 4. The van der Waals surface area contributed by atoms with E-state index in [1.165, 1.54) is 9.80 Å². The second kappa shape index (κ2) is 8.38. The van der Waals surface area contributed by atoms with E-state index in [9.17, 15) is 14.4 Å². The van der Waals surface area contributed by atoms with Crippen LogP contribution in [0, 0.1) is 0 Å². The number of hydrogen-bond donors (Lipinski definition) is 0. The first-order valence-electron chi connectivity index (χ1n) is 10.5. The maximum atomic E-state index is 13.1. The van der Waals surface area contributed by atoms with Gasteiger partial charge in [0.25, 0.3) is 5.91 Å². The summed E-state index contributed by atoms with van der Waals surface area (Å²) in [7, 11) is 3.30. The first-order valence-corrected chi connectivity index (χ1v) is 10.9. The van der Waals surface area contributed by atoms with Gasteiger partial charge in [0.15, 0.2) is 0 Å². The Balaban J connectivity index is 1.40. The lowest BCUT2D eigenvalue weighted by Crippen LogP contribution is -2.49. The Labute approximate surface area is 186 Å². The monoisotopic (exact) mass is 443 g/mol. The number of nitrogens with zero attached hydrogens (tertiary/aromatic N) is 3. The van der Waals surface area contributed by atoms with Crippen molar-refractivity contribution in [3.63, 3.8) is 0 Å². The van der Waals surface area contributed by atoms with E-state index in [-0.39, 0.29) is 24.9 Å². The highest BCUT2D eigenvalue weighted by molar-refractivity contribution is 6.30. The second-order valence-electron chi connectivity index (χ2n) is 8.35. The summed E-state index contributed by atoms with van der Waals surface area (Å²) < 4.78 is 5.86. The van der Waals surface area contributed by atoms with E-state index < -0.39 is 11.6 Å². The van der Waals surface area contributed by atoms with Gasteiger partial charge < -0.3 is 14.2 Å². The summed E-state index contributed by atoms with van der Waals surface area (Å²) in [6.45, 7) is -0.0192. The molecule has 1 aromatic carbocycles. The Kier molecular flexibility index (Phi) is 5.79. The minimum Gasteiger partial charge on any atom is -0.459 e. The Bertz CT molecular complexity index is 995. The van der Waals surface area contributed by atoms with E-state index in [0.29, 0.717) is 29.4 Å². The van der Waals surface area contributed by atoms with Gasteiger partial charge in [0.1, 0.15) is 23.6 Å². The van der Waals surface area contributed by atoms with Gasteiger partial charge in [-0.2, -0.15) is 0 Å². The van der Waals surface area contributed by atoms with Crippen LogP contribution in [-0.4, -0.2) is 58.7 Å². The minimum atomic E-state index is -0.775. The lowest BCUT2D eigenvalue weighted by molar-refractivity contribution is -0.140. The number of carbonyl (C=O) groups is 3. The van der Waals surface area contributed by atoms with E-state index in [1.54, 1.807) is 26.2 Å². The van der Waals surface area contributed by atoms with Crippen molar-refractivity contribution >= 4 is 29.4 Å². The third-order valence-corrected chi connectivity index (χ3v) is 6.64. The molecule has 0 unspecified atom stereocenters. The average molecular weight is 444 g/mol. The van der Waals surface area contributed by atoms with Gasteiger partial charge in [-0.3, -0.25) is 14.5 Å². The number of halogens is 1. The third kappa shape index (κ3) is 3.94. The quantitative estimate of drug-likeness (QED) is 0.650. The molecule has 1 saturated heterocycles. The van der Waals surface area contributed by atoms with Gasteiger partial charge in [0, 0.05) is 24.7 Å². The second-order valence-corrected chi connectivity index (χ2v) is 8.78. The third-order valence-electron chi connectivity index (χ3n) is 6.39. The molecule has 0 atom stereocenters. The van der Waals surface area contributed by atoms with Crippen molar-refractivity contribution in [2.24, 2.45) is 0 Å². The Morgan fingerprint density at radius 3 is 2.45 bits per heavy atom. The molecule has 0 N–H and O–H groups in total. The van der Waals surface area contributed by atoms with Crippen LogP contribution in [0.2, 0.25) is 5.02 Å². The van der Waals surface area contributed by atoms with E-state index in [4.69, 9.17) is 16.0 Å². The molecular weight excluding hydrogens is 418 g/mol. The van der Waals surface area contributed by atoms with Crippen LogP contribution in [0.25, 0.3) is 11.3 Å². The molecule has 2 fully saturated rings. The standard InChI is InChI=1S/C23H26ClN3O4/c1-25(14-18-10-11-19(31-18)16-6-8-17(24)9-7-16)20(28)15-27-21(29)23(26(2)22(27)30)12-4-3-5-13-23/h6-11H,3-5,12-15H2,1-2H3. The molecule has 8 heteroatoms. The lowest BCUT2D eigenvalue weighted by atomic mass is 9.81. The van der Waals surface area contributed by atoms with Crippen molar-refractivity contribution in [2.45, 2.75) is 44.2 Å². The van der Waals surface area contributed by atoms with E-state index in [0.717, 1.165) is 29.7 Å². The molecule has 2 heterocycles. The van der Waals surface area contributed by atoms with Gasteiger partial charge in [-0.25, -0.2) is 4.79 Å². The molecule has 1 aromatic heterocycles. The predicted molar refractivity (Wildman–Crippen MR) is 116 cm³/mol. The van der Waals surface area contributed by atoms with Crippen LogP contribution in [0.3, 0.4) is 0 Å². The Morgan fingerprint density at radius 2 is 1.77 bits per heavy atom. The normalized spacial score (nSPS) is 18.2. The fourth-order valence-corrected chi connectivity index (χ4v) is 4.61. The zero-order chi connectivity index (χ0) is 22.2. The van der Waals surface area contributed by atoms with Gasteiger partial charge in [-0.15, -0.1) is 0 Å². The first kappa shape index (κ1) is 21.4. The molecule has 164 valence electrons. The molecule has 1 spiro atoms. The minimum absolute atomic E-state index is 0.240.